The van der Waals surface area contributed by atoms with Crippen LogP contribution in [0.1, 0.15) is 13.3 Å². The summed E-state index contributed by atoms with van der Waals surface area (Å²) in [6, 6.07) is 0. The van der Waals surface area contributed by atoms with Crippen LogP contribution in [0.15, 0.2) is 0 Å². The lowest BCUT2D eigenvalue weighted by Gasteiger charge is -2.19. The van der Waals surface area contributed by atoms with Crippen molar-refractivity contribution in [3.8, 4) is 0 Å². The number of thioether (sulfide) groups is 1. The molecule has 0 aromatic carbocycles. The number of alkyl halides is 3. The van der Waals surface area contributed by atoms with Crippen molar-refractivity contribution >= 4 is 23.6 Å². The van der Waals surface area contributed by atoms with E-state index in [1.54, 1.807) is 6.92 Å². The molecule has 0 aromatic rings. The van der Waals surface area contributed by atoms with E-state index in [1.807, 2.05) is 0 Å². The first-order chi connectivity index (χ1) is 7.26. The van der Waals surface area contributed by atoms with Crippen LogP contribution in [0.2, 0.25) is 0 Å². The average Bonchev–Trinajstić information content (AvgIpc) is 2.14. The van der Waals surface area contributed by atoms with E-state index >= 15 is 0 Å². The van der Waals surface area contributed by atoms with E-state index < -0.39 is 34.9 Å². The van der Waals surface area contributed by atoms with Gasteiger partial charge in [0.05, 0.1) is 12.2 Å². The fraction of sp³-hybridized carbons (Fsp3) is 0.750. The van der Waals surface area contributed by atoms with Crippen LogP contribution in [0.4, 0.5) is 13.2 Å². The number of halogens is 3. The second-order valence-electron chi connectivity index (χ2n) is 2.85. The number of hydrogen-bond acceptors (Lipinski definition) is 3. The third kappa shape index (κ3) is 7.38. The number of rotatable bonds is 6. The van der Waals surface area contributed by atoms with Crippen LogP contribution in [-0.4, -0.2) is 46.2 Å². The topological polar surface area (TPSA) is 57.6 Å². The van der Waals surface area contributed by atoms with Gasteiger partial charge >= 0.3 is 11.5 Å². The number of hydrogen-bond donors (Lipinski definition) is 1. The second-order valence-corrected chi connectivity index (χ2v) is 3.89. The molecule has 0 saturated carbocycles. The molecule has 1 amide bonds. The highest BCUT2D eigenvalue weighted by molar-refractivity contribution is 8.00. The summed E-state index contributed by atoms with van der Waals surface area (Å²) < 4.78 is 35.4. The van der Waals surface area contributed by atoms with Crippen LogP contribution in [0.5, 0.6) is 0 Å². The van der Waals surface area contributed by atoms with Gasteiger partial charge in [-0.3, -0.25) is 9.59 Å². The predicted octanol–water partition coefficient (Wildman–Crippen LogP) is 1.56. The molecule has 0 heterocycles. The molecule has 0 spiro atoms. The first kappa shape index (κ1) is 15.1. The molecule has 94 valence electrons. The van der Waals surface area contributed by atoms with E-state index in [0.717, 1.165) is 4.90 Å². The Balaban J connectivity index is 4.06. The molecule has 1 N–H and O–H groups in total. The number of carbonyl (C=O) groups is 2. The fourth-order valence-electron chi connectivity index (χ4n) is 0.925. The Kier molecular flexibility index (Phi) is 6.24. The number of amides is 1. The summed E-state index contributed by atoms with van der Waals surface area (Å²) in [6.45, 7) is 1.71. The van der Waals surface area contributed by atoms with Crippen molar-refractivity contribution in [1.29, 1.82) is 0 Å². The van der Waals surface area contributed by atoms with E-state index in [-0.39, 0.29) is 19.5 Å². The van der Waals surface area contributed by atoms with E-state index in [0.29, 0.717) is 0 Å². The minimum Gasteiger partial charge on any atom is -0.481 e. The molecule has 4 nitrogen and oxygen atoms in total. The van der Waals surface area contributed by atoms with Gasteiger partial charge in [0, 0.05) is 13.1 Å². The molecule has 0 bridgehead atoms. The summed E-state index contributed by atoms with van der Waals surface area (Å²) in [4.78, 5) is 22.6. The molecule has 0 aliphatic rings. The molecular weight excluding hydrogens is 247 g/mol. The zero-order valence-electron chi connectivity index (χ0n) is 8.58. The summed E-state index contributed by atoms with van der Waals surface area (Å²) in [5.74, 6) is -2.50. The summed E-state index contributed by atoms with van der Waals surface area (Å²) in [7, 11) is 0. The van der Waals surface area contributed by atoms with E-state index in [4.69, 9.17) is 5.11 Å². The van der Waals surface area contributed by atoms with E-state index in [9.17, 15) is 22.8 Å². The van der Waals surface area contributed by atoms with Crippen molar-refractivity contribution in [1.82, 2.24) is 4.90 Å². The van der Waals surface area contributed by atoms with Crippen LogP contribution >= 0.6 is 11.8 Å². The van der Waals surface area contributed by atoms with Gasteiger partial charge < -0.3 is 10.0 Å². The standard InChI is InChI=1S/C8H12F3NO3S/c1-2-12(4-3-7(14)15)6(13)5-16-8(9,10)11/h2-5H2,1H3,(H,14,15). The third-order valence-corrected chi connectivity index (χ3v) is 2.41. The SMILES string of the molecule is CCN(CCC(=O)O)C(=O)CSC(F)(F)F. The highest BCUT2D eigenvalue weighted by Crippen LogP contribution is 2.30. The van der Waals surface area contributed by atoms with Crippen molar-refractivity contribution in [3.63, 3.8) is 0 Å². The van der Waals surface area contributed by atoms with Gasteiger partial charge in [0.15, 0.2) is 0 Å². The fourth-order valence-corrected chi connectivity index (χ4v) is 1.39. The average molecular weight is 259 g/mol. The zero-order valence-corrected chi connectivity index (χ0v) is 9.40. The van der Waals surface area contributed by atoms with Gasteiger partial charge in [0.2, 0.25) is 5.91 Å². The molecule has 16 heavy (non-hydrogen) atoms. The van der Waals surface area contributed by atoms with E-state index in [2.05, 4.69) is 0 Å². The summed E-state index contributed by atoms with van der Waals surface area (Å²) >= 11 is -0.419. The Labute approximate surface area is 94.8 Å². The molecule has 8 heteroatoms. The minimum absolute atomic E-state index is 0.0664. The monoisotopic (exact) mass is 259 g/mol. The normalized spacial score (nSPS) is 11.2. The quantitative estimate of drug-likeness (QED) is 0.786. The minimum atomic E-state index is -4.44. The maximum Gasteiger partial charge on any atom is 0.442 e. The zero-order chi connectivity index (χ0) is 12.8. The van der Waals surface area contributed by atoms with Gasteiger partial charge in [-0.25, -0.2) is 0 Å². The van der Waals surface area contributed by atoms with Gasteiger partial charge in [0.25, 0.3) is 0 Å². The highest BCUT2D eigenvalue weighted by Gasteiger charge is 2.30. The lowest BCUT2D eigenvalue weighted by molar-refractivity contribution is -0.138. The first-order valence-corrected chi connectivity index (χ1v) is 5.45. The highest BCUT2D eigenvalue weighted by atomic mass is 32.2. The third-order valence-electron chi connectivity index (χ3n) is 1.69. The largest absolute Gasteiger partial charge is 0.481 e. The van der Waals surface area contributed by atoms with Crippen LogP contribution in [0, 0.1) is 0 Å². The number of carboxylic acids is 1. The van der Waals surface area contributed by atoms with Crippen molar-refractivity contribution in [2.24, 2.45) is 0 Å². The van der Waals surface area contributed by atoms with Gasteiger partial charge in [0.1, 0.15) is 0 Å². The maximum absolute atomic E-state index is 11.8. The van der Waals surface area contributed by atoms with Crippen LogP contribution in [-0.2, 0) is 9.59 Å². The first-order valence-electron chi connectivity index (χ1n) is 4.46. The molecule has 0 rings (SSSR count). The molecule has 0 unspecified atom stereocenters. The number of carboxylic acid groups (broad SMARTS) is 1. The summed E-state index contributed by atoms with van der Waals surface area (Å²) in [5.41, 5.74) is -4.44. The molecule has 0 saturated heterocycles. The van der Waals surface area contributed by atoms with Crippen LogP contribution < -0.4 is 0 Å². The Bertz CT molecular complexity index is 257. The number of nitrogens with zero attached hydrogens (tertiary/aromatic N) is 1. The number of carbonyl (C=O) groups excluding carboxylic acids is 1. The van der Waals surface area contributed by atoms with Crippen molar-refractivity contribution in [3.05, 3.63) is 0 Å². The van der Waals surface area contributed by atoms with Gasteiger partial charge in [-0.1, -0.05) is 0 Å². The summed E-state index contributed by atoms with van der Waals surface area (Å²) in [6.07, 6.45) is -0.268. The molecule has 0 atom stereocenters. The summed E-state index contributed by atoms with van der Waals surface area (Å²) in [5, 5.41) is 8.38. The Morgan fingerprint density at radius 1 is 1.38 bits per heavy atom. The molecule has 0 aromatic heterocycles. The van der Waals surface area contributed by atoms with Gasteiger partial charge in [-0.15, -0.1) is 0 Å². The molecule has 0 fully saturated rings. The molecule has 0 aliphatic carbocycles. The smallest absolute Gasteiger partial charge is 0.442 e. The predicted molar refractivity (Wildman–Crippen MR) is 53.0 cm³/mol. The second kappa shape index (κ2) is 6.62. The van der Waals surface area contributed by atoms with Gasteiger partial charge in [-0.2, -0.15) is 13.2 Å². The molecule has 0 radical (unpaired) electrons. The Hall–Kier alpha value is -0.920. The van der Waals surface area contributed by atoms with Crippen LogP contribution in [0.3, 0.4) is 0 Å². The van der Waals surface area contributed by atoms with Gasteiger partial charge in [-0.05, 0) is 18.7 Å². The van der Waals surface area contributed by atoms with Crippen LogP contribution in [0.25, 0.3) is 0 Å². The molecule has 0 aliphatic heterocycles. The van der Waals surface area contributed by atoms with Crippen molar-refractivity contribution in [2.45, 2.75) is 18.9 Å². The lowest BCUT2D eigenvalue weighted by atomic mass is 10.4. The van der Waals surface area contributed by atoms with E-state index in [1.165, 1.54) is 0 Å². The molecular formula is C8H12F3NO3S. The van der Waals surface area contributed by atoms with Crippen molar-refractivity contribution in [2.75, 3.05) is 18.8 Å². The Morgan fingerprint density at radius 3 is 2.31 bits per heavy atom. The van der Waals surface area contributed by atoms with Crippen molar-refractivity contribution < 1.29 is 27.9 Å². The Morgan fingerprint density at radius 2 is 1.94 bits per heavy atom. The maximum atomic E-state index is 11.8. The number of aliphatic carboxylic acids is 1. The lowest BCUT2D eigenvalue weighted by Crippen LogP contribution is -2.34.